The summed E-state index contributed by atoms with van der Waals surface area (Å²) in [6.07, 6.45) is 0.640. The van der Waals surface area contributed by atoms with E-state index in [4.69, 9.17) is 5.11 Å². The molecule has 3 nitrogen and oxygen atoms in total. The third-order valence-corrected chi connectivity index (χ3v) is 4.25. The van der Waals surface area contributed by atoms with Crippen molar-refractivity contribution in [2.45, 2.75) is 24.2 Å². The normalized spacial score (nSPS) is 20.4. The number of benzene rings is 1. The number of rotatable bonds is 3. The Bertz CT molecular complexity index is 417. The quantitative estimate of drug-likeness (QED) is 0.850. The number of aromatic hydroxyl groups is 1. The maximum absolute atomic E-state index is 11.1. The topological polar surface area (TPSA) is 57.5 Å². The molecule has 86 valence electrons. The van der Waals surface area contributed by atoms with Crippen molar-refractivity contribution >= 4 is 17.7 Å². The summed E-state index contributed by atoms with van der Waals surface area (Å²) in [7, 11) is 0. The highest BCUT2D eigenvalue weighted by atomic mass is 32.2. The molecule has 0 spiro atoms. The summed E-state index contributed by atoms with van der Waals surface area (Å²) in [5.41, 5.74) is 1.07. The highest BCUT2D eigenvalue weighted by Crippen LogP contribution is 2.45. The Morgan fingerprint density at radius 1 is 1.62 bits per heavy atom. The van der Waals surface area contributed by atoms with Crippen LogP contribution in [0.5, 0.6) is 5.75 Å². The Morgan fingerprint density at radius 2 is 2.38 bits per heavy atom. The second-order valence-corrected chi connectivity index (χ2v) is 5.05. The molecule has 1 aromatic rings. The number of phenolic OH excluding ortho intramolecular Hbond substituents is 1. The molecule has 2 atom stereocenters. The molecule has 2 unspecified atom stereocenters. The van der Waals surface area contributed by atoms with E-state index in [-0.39, 0.29) is 17.6 Å². The second-order valence-electron chi connectivity index (χ2n) is 3.99. The Labute approximate surface area is 98.5 Å². The Balaban J connectivity index is 2.32. The minimum Gasteiger partial charge on any atom is -0.508 e. The fraction of sp³-hybridized carbons (Fsp3) is 0.417. The molecule has 1 aliphatic rings. The van der Waals surface area contributed by atoms with Crippen molar-refractivity contribution in [3.05, 3.63) is 23.8 Å². The number of carbonyl (C=O) groups is 1. The Hall–Kier alpha value is -1.16. The summed E-state index contributed by atoms with van der Waals surface area (Å²) in [5.74, 6) is 0.0644. The summed E-state index contributed by atoms with van der Waals surface area (Å²) in [5, 5.41) is 18.5. The van der Waals surface area contributed by atoms with Gasteiger partial charge in [-0.25, -0.2) is 0 Å². The monoisotopic (exact) mass is 238 g/mol. The number of carboxylic acid groups (broad SMARTS) is 1. The van der Waals surface area contributed by atoms with Gasteiger partial charge in [-0.05, 0) is 24.1 Å². The lowest BCUT2D eigenvalue weighted by molar-refractivity contribution is -0.142. The van der Waals surface area contributed by atoms with Crippen LogP contribution in [0.1, 0.15) is 24.8 Å². The summed E-state index contributed by atoms with van der Waals surface area (Å²) in [6, 6.07) is 5.20. The maximum atomic E-state index is 11.1. The van der Waals surface area contributed by atoms with E-state index < -0.39 is 5.97 Å². The van der Waals surface area contributed by atoms with E-state index >= 15 is 0 Å². The molecule has 0 aliphatic carbocycles. The van der Waals surface area contributed by atoms with Crippen LogP contribution in [0.2, 0.25) is 0 Å². The van der Waals surface area contributed by atoms with Crippen LogP contribution in [-0.2, 0) is 4.79 Å². The van der Waals surface area contributed by atoms with Gasteiger partial charge in [0.1, 0.15) is 5.75 Å². The van der Waals surface area contributed by atoms with Gasteiger partial charge in [0.25, 0.3) is 0 Å². The summed E-state index contributed by atoms with van der Waals surface area (Å²) < 4.78 is 0. The van der Waals surface area contributed by atoms with E-state index in [0.717, 1.165) is 16.2 Å². The number of carboxylic acids is 1. The van der Waals surface area contributed by atoms with Crippen LogP contribution >= 0.6 is 11.8 Å². The van der Waals surface area contributed by atoms with Gasteiger partial charge in [-0.1, -0.05) is 13.0 Å². The standard InChI is InChI=1S/C12H14O3S/c1-2-8(12(14)15)10-6-16-11-5-7(13)3-4-9(10)11/h3-5,8,10,13H,2,6H2,1H3,(H,14,15). The van der Waals surface area contributed by atoms with E-state index in [2.05, 4.69) is 0 Å². The lowest BCUT2D eigenvalue weighted by Crippen LogP contribution is -2.21. The van der Waals surface area contributed by atoms with Crippen molar-refractivity contribution in [2.75, 3.05) is 5.75 Å². The van der Waals surface area contributed by atoms with Crippen LogP contribution in [0.3, 0.4) is 0 Å². The van der Waals surface area contributed by atoms with Crippen molar-refractivity contribution in [1.29, 1.82) is 0 Å². The molecule has 0 saturated carbocycles. The fourth-order valence-corrected chi connectivity index (χ4v) is 3.55. The predicted octanol–water partition coefficient (Wildman–Crippen LogP) is 2.69. The summed E-state index contributed by atoms with van der Waals surface area (Å²) in [4.78, 5) is 12.2. The van der Waals surface area contributed by atoms with E-state index in [9.17, 15) is 9.90 Å². The summed E-state index contributed by atoms with van der Waals surface area (Å²) >= 11 is 1.63. The fourth-order valence-electron chi connectivity index (χ4n) is 2.19. The van der Waals surface area contributed by atoms with Gasteiger partial charge in [0, 0.05) is 16.6 Å². The third kappa shape index (κ3) is 1.89. The molecule has 16 heavy (non-hydrogen) atoms. The molecule has 2 rings (SSSR count). The van der Waals surface area contributed by atoms with Gasteiger partial charge in [0.05, 0.1) is 5.92 Å². The lowest BCUT2D eigenvalue weighted by atomic mass is 9.86. The SMILES string of the molecule is CCC(C(=O)O)C1CSc2cc(O)ccc21. The Kier molecular flexibility index (Phi) is 3.10. The van der Waals surface area contributed by atoms with Gasteiger partial charge < -0.3 is 10.2 Å². The van der Waals surface area contributed by atoms with E-state index in [0.29, 0.717) is 6.42 Å². The van der Waals surface area contributed by atoms with Crippen LogP contribution in [0.4, 0.5) is 0 Å². The van der Waals surface area contributed by atoms with Gasteiger partial charge in [0.15, 0.2) is 0 Å². The molecule has 1 heterocycles. The lowest BCUT2D eigenvalue weighted by Gasteiger charge is -2.18. The van der Waals surface area contributed by atoms with Gasteiger partial charge in [0.2, 0.25) is 0 Å². The van der Waals surface area contributed by atoms with Crippen molar-refractivity contribution in [2.24, 2.45) is 5.92 Å². The average molecular weight is 238 g/mol. The Morgan fingerprint density at radius 3 is 3.00 bits per heavy atom. The molecule has 0 saturated heterocycles. The second kappa shape index (κ2) is 4.37. The largest absolute Gasteiger partial charge is 0.508 e. The molecular formula is C12H14O3S. The van der Waals surface area contributed by atoms with Gasteiger partial charge in [-0.3, -0.25) is 4.79 Å². The van der Waals surface area contributed by atoms with Crippen molar-refractivity contribution in [3.8, 4) is 5.75 Å². The van der Waals surface area contributed by atoms with E-state index in [1.54, 1.807) is 23.9 Å². The zero-order valence-electron chi connectivity index (χ0n) is 9.01. The van der Waals surface area contributed by atoms with E-state index in [1.807, 2.05) is 13.0 Å². The first-order chi connectivity index (χ1) is 7.63. The van der Waals surface area contributed by atoms with Crippen LogP contribution in [0.15, 0.2) is 23.1 Å². The summed E-state index contributed by atoms with van der Waals surface area (Å²) in [6.45, 7) is 1.90. The average Bonchev–Trinajstić information content (AvgIpc) is 2.62. The van der Waals surface area contributed by atoms with Gasteiger partial charge in [-0.2, -0.15) is 0 Å². The minimum absolute atomic E-state index is 0.0723. The first-order valence-electron chi connectivity index (χ1n) is 5.32. The number of fused-ring (bicyclic) bond motifs is 1. The van der Waals surface area contributed by atoms with E-state index in [1.165, 1.54) is 0 Å². The van der Waals surface area contributed by atoms with Crippen LogP contribution < -0.4 is 0 Å². The number of phenols is 1. The molecule has 4 heteroatoms. The molecule has 0 aromatic heterocycles. The minimum atomic E-state index is -0.728. The molecule has 1 aliphatic heterocycles. The first kappa shape index (κ1) is 11.3. The van der Waals surface area contributed by atoms with Crippen LogP contribution in [0, 0.1) is 5.92 Å². The number of aliphatic carboxylic acids is 1. The smallest absolute Gasteiger partial charge is 0.307 e. The molecular weight excluding hydrogens is 224 g/mol. The third-order valence-electron chi connectivity index (χ3n) is 3.06. The number of hydrogen-bond donors (Lipinski definition) is 2. The first-order valence-corrected chi connectivity index (χ1v) is 6.30. The molecule has 0 fully saturated rings. The highest BCUT2D eigenvalue weighted by molar-refractivity contribution is 7.99. The predicted molar refractivity (Wildman–Crippen MR) is 63.0 cm³/mol. The van der Waals surface area contributed by atoms with Gasteiger partial charge in [-0.15, -0.1) is 11.8 Å². The molecule has 2 N–H and O–H groups in total. The van der Waals surface area contributed by atoms with Crippen molar-refractivity contribution in [1.82, 2.24) is 0 Å². The van der Waals surface area contributed by atoms with Crippen molar-refractivity contribution in [3.63, 3.8) is 0 Å². The van der Waals surface area contributed by atoms with Crippen molar-refractivity contribution < 1.29 is 15.0 Å². The highest BCUT2D eigenvalue weighted by Gasteiger charge is 2.33. The van der Waals surface area contributed by atoms with Crippen LogP contribution in [0.25, 0.3) is 0 Å². The zero-order valence-corrected chi connectivity index (χ0v) is 9.83. The van der Waals surface area contributed by atoms with Crippen LogP contribution in [-0.4, -0.2) is 21.9 Å². The number of thioether (sulfide) groups is 1. The molecule has 1 aromatic carbocycles. The number of hydrogen-bond acceptors (Lipinski definition) is 3. The molecule has 0 bridgehead atoms. The molecule has 0 amide bonds. The zero-order chi connectivity index (χ0) is 11.7. The van der Waals surface area contributed by atoms with Gasteiger partial charge >= 0.3 is 5.97 Å². The maximum Gasteiger partial charge on any atom is 0.307 e. The molecule has 0 radical (unpaired) electrons.